The number of halogens is 2. The Morgan fingerprint density at radius 2 is 1.58 bits per heavy atom. The Morgan fingerprint density at radius 1 is 0.962 bits per heavy atom. The second-order valence-corrected chi connectivity index (χ2v) is 6.22. The van der Waals surface area contributed by atoms with Crippen LogP contribution >= 0.6 is 0 Å². The van der Waals surface area contributed by atoms with Gasteiger partial charge >= 0.3 is 26.2 Å². The van der Waals surface area contributed by atoms with Crippen molar-refractivity contribution in [3.05, 3.63) is 83.2 Å². The molecule has 0 saturated heterocycles. The SMILES string of the molecule is CC1=[C-]CC=C1C.Cc1ccc(C)c2[cH-]c(-n3cccc3)cc12.[Cl-].[Cl-].[Zr+4]. The van der Waals surface area contributed by atoms with E-state index in [4.69, 9.17) is 0 Å². The third kappa shape index (κ3) is 5.52. The minimum absolute atomic E-state index is 0. The quantitative estimate of drug-likeness (QED) is 0.450. The van der Waals surface area contributed by atoms with Crippen LogP contribution in [0.5, 0.6) is 0 Å². The van der Waals surface area contributed by atoms with Crippen molar-refractivity contribution in [2.45, 2.75) is 34.1 Å². The summed E-state index contributed by atoms with van der Waals surface area (Å²) in [6, 6.07) is 13.0. The van der Waals surface area contributed by atoms with Gasteiger partial charge in [0.1, 0.15) is 0 Å². The van der Waals surface area contributed by atoms with Gasteiger partial charge in [-0.05, 0) is 24.7 Å². The van der Waals surface area contributed by atoms with Crippen LogP contribution in [0.15, 0.2) is 66.0 Å². The van der Waals surface area contributed by atoms with E-state index in [2.05, 4.69) is 93.2 Å². The van der Waals surface area contributed by atoms with E-state index in [0.29, 0.717) is 0 Å². The Balaban J connectivity index is 0.000000542. The molecule has 2 aromatic carbocycles. The second-order valence-electron chi connectivity index (χ2n) is 6.22. The first kappa shape index (κ1) is 25.1. The number of nitrogens with zero attached hydrogens (tertiary/aromatic N) is 1. The Hall–Kier alpha value is -0.947. The first-order chi connectivity index (χ1) is 11.1. The first-order valence-electron chi connectivity index (χ1n) is 8.11. The summed E-state index contributed by atoms with van der Waals surface area (Å²) in [5, 5.41) is 2.73. The number of hydrogen-bond donors (Lipinski definition) is 0. The summed E-state index contributed by atoms with van der Waals surface area (Å²) in [7, 11) is 0. The van der Waals surface area contributed by atoms with Gasteiger partial charge in [0.25, 0.3) is 0 Å². The number of benzene rings is 1. The minimum Gasteiger partial charge on any atom is -1.00 e. The van der Waals surface area contributed by atoms with Gasteiger partial charge in [-0.2, -0.15) is 6.08 Å². The molecule has 0 amide bonds. The molecular weight excluding hydrogens is 440 g/mol. The van der Waals surface area contributed by atoms with Gasteiger partial charge in [0, 0.05) is 12.4 Å². The van der Waals surface area contributed by atoms with Crippen molar-refractivity contribution in [1.82, 2.24) is 4.57 Å². The topological polar surface area (TPSA) is 4.93 Å². The van der Waals surface area contributed by atoms with E-state index in [1.165, 1.54) is 38.7 Å². The van der Waals surface area contributed by atoms with Crippen molar-refractivity contribution in [1.29, 1.82) is 0 Å². The molecule has 0 aliphatic heterocycles. The molecule has 1 aliphatic carbocycles. The smallest absolute Gasteiger partial charge is 1.00 e. The Morgan fingerprint density at radius 3 is 2.04 bits per heavy atom. The molecule has 134 valence electrons. The maximum Gasteiger partial charge on any atom is 4.00 e. The van der Waals surface area contributed by atoms with Crippen LogP contribution < -0.4 is 24.8 Å². The van der Waals surface area contributed by atoms with Crippen LogP contribution in [0.25, 0.3) is 16.5 Å². The molecule has 0 spiro atoms. The number of allylic oxidation sites excluding steroid dienone is 4. The molecule has 0 atom stereocenters. The van der Waals surface area contributed by atoms with Crippen molar-refractivity contribution < 1.29 is 51.0 Å². The Bertz CT molecular complexity index is 831. The summed E-state index contributed by atoms with van der Waals surface area (Å²) in [4.78, 5) is 0. The molecule has 0 radical (unpaired) electrons. The third-order valence-electron chi connectivity index (χ3n) is 4.58. The van der Waals surface area contributed by atoms with Crippen LogP contribution in [0.3, 0.4) is 0 Å². The third-order valence-corrected chi connectivity index (χ3v) is 4.58. The van der Waals surface area contributed by atoms with Crippen molar-refractivity contribution in [2.75, 3.05) is 0 Å². The van der Waals surface area contributed by atoms with Crippen molar-refractivity contribution >= 4 is 10.8 Å². The van der Waals surface area contributed by atoms with E-state index in [-0.39, 0.29) is 51.0 Å². The van der Waals surface area contributed by atoms with Crippen LogP contribution in [0.4, 0.5) is 0 Å². The average Bonchev–Trinajstić information content (AvgIpc) is 3.25. The zero-order chi connectivity index (χ0) is 16.4. The van der Waals surface area contributed by atoms with Crippen LogP contribution in [-0.4, -0.2) is 4.57 Å². The van der Waals surface area contributed by atoms with Crippen LogP contribution in [0, 0.1) is 19.9 Å². The molecule has 1 heterocycles. The zero-order valence-electron chi connectivity index (χ0n) is 15.6. The van der Waals surface area contributed by atoms with Crippen molar-refractivity contribution in [3.63, 3.8) is 0 Å². The second kappa shape index (κ2) is 11.0. The van der Waals surface area contributed by atoms with Crippen molar-refractivity contribution in [2.24, 2.45) is 0 Å². The van der Waals surface area contributed by atoms with Gasteiger partial charge in [-0.3, -0.25) is 6.08 Å². The maximum absolute atomic E-state index is 3.19. The maximum atomic E-state index is 3.19. The molecule has 1 aromatic heterocycles. The normalized spacial score (nSPS) is 12.0. The number of fused-ring (bicyclic) bond motifs is 1. The first-order valence-corrected chi connectivity index (χ1v) is 8.11. The fourth-order valence-electron chi connectivity index (χ4n) is 2.88. The summed E-state index contributed by atoms with van der Waals surface area (Å²) in [5.74, 6) is 0. The fraction of sp³-hybridized carbons (Fsp3) is 0.227. The molecule has 4 heteroatoms. The number of rotatable bonds is 1. The predicted molar refractivity (Wildman–Crippen MR) is 99.1 cm³/mol. The number of aromatic nitrogens is 1. The monoisotopic (exact) mass is 461 g/mol. The molecule has 1 aliphatic rings. The zero-order valence-corrected chi connectivity index (χ0v) is 19.6. The summed E-state index contributed by atoms with van der Waals surface area (Å²) < 4.78 is 2.15. The van der Waals surface area contributed by atoms with Gasteiger partial charge in [0.15, 0.2) is 0 Å². The van der Waals surface area contributed by atoms with Crippen molar-refractivity contribution in [3.8, 4) is 5.69 Å². The van der Waals surface area contributed by atoms with Gasteiger partial charge in [-0.25, -0.2) is 11.1 Å². The van der Waals surface area contributed by atoms with Gasteiger partial charge < -0.3 is 29.4 Å². The molecular formula is C22H23Cl2NZr. The van der Waals surface area contributed by atoms with Crippen LogP contribution in [-0.2, 0) is 26.2 Å². The summed E-state index contributed by atoms with van der Waals surface area (Å²) in [6.45, 7) is 8.55. The van der Waals surface area contributed by atoms with E-state index in [0.717, 1.165) is 6.42 Å². The van der Waals surface area contributed by atoms with Gasteiger partial charge in [0.05, 0.1) is 0 Å². The average molecular weight is 464 g/mol. The molecule has 0 unspecified atom stereocenters. The van der Waals surface area contributed by atoms with Gasteiger partial charge in [0.2, 0.25) is 0 Å². The molecule has 26 heavy (non-hydrogen) atoms. The van der Waals surface area contributed by atoms with E-state index >= 15 is 0 Å². The summed E-state index contributed by atoms with van der Waals surface area (Å²) in [6.07, 6.45) is 10.6. The molecule has 1 nitrogen and oxygen atoms in total. The van der Waals surface area contributed by atoms with E-state index in [1.807, 2.05) is 0 Å². The number of hydrogen-bond acceptors (Lipinski definition) is 0. The van der Waals surface area contributed by atoms with E-state index in [9.17, 15) is 0 Å². The Labute approximate surface area is 188 Å². The largest absolute Gasteiger partial charge is 4.00 e. The molecule has 0 N–H and O–H groups in total. The van der Waals surface area contributed by atoms with Crippen LogP contribution in [0.2, 0.25) is 0 Å². The van der Waals surface area contributed by atoms with Gasteiger partial charge in [-0.1, -0.05) is 25.5 Å². The Kier molecular flexibility index (Phi) is 10.6. The fourth-order valence-corrected chi connectivity index (χ4v) is 2.88. The van der Waals surface area contributed by atoms with E-state index < -0.39 is 0 Å². The van der Waals surface area contributed by atoms with E-state index in [1.54, 1.807) is 0 Å². The molecule has 4 rings (SSSR count). The standard InChI is InChI=1S/C15H14N.C7H9.2ClH.Zr/c1-11-5-6-12(2)15-10-13(9-14(11)15)16-7-3-4-8-16;1-6-4-3-5-7(6)2;;;/h3-10H,1-2H3;4H,3H2,1-2H3;2*1H;/q2*-1;;;+4/p-2. The summed E-state index contributed by atoms with van der Waals surface area (Å²) in [5.41, 5.74) is 6.65. The molecule has 0 fully saturated rings. The number of aryl methyl sites for hydroxylation is 2. The molecule has 0 bridgehead atoms. The molecule has 3 aromatic rings. The molecule has 0 saturated carbocycles. The predicted octanol–water partition coefficient (Wildman–Crippen LogP) is 0.0576. The summed E-state index contributed by atoms with van der Waals surface area (Å²) >= 11 is 0. The van der Waals surface area contributed by atoms with Crippen LogP contribution in [0.1, 0.15) is 31.4 Å². The minimum atomic E-state index is 0. The van der Waals surface area contributed by atoms with Gasteiger partial charge in [-0.15, -0.1) is 47.9 Å².